The van der Waals surface area contributed by atoms with Crippen LogP contribution in [0.5, 0.6) is 0 Å². The lowest BCUT2D eigenvalue weighted by atomic mass is 9.59. The highest BCUT2D eigenvalue weighted by atomic mass is 35.5. The van der Waals surface area contributed by atoms with Gasteiger partial charge in [-0.2, -0.15) is 0 Å². The van der Waals surface area contributed by atoms with Crippen LogP contribution >= 0.6 is 11.6 Å². The number of carbonyl (C=O) groups is 1. The molecule has 1 amide bonds. The van der Waals surface area contributed by atoms with Gasteiger partial charge in [-0.25, -0.2) is 0 Å². The fourth-order valence-electron chi connectivity index (χ4n) is 3.95. The Morgan fingerprint density at radius 1 is 1.45 bits per heavy atom. The molecule has 2 aliphatic carbocycles. The SMILES string of the molecule is COC1CC2(Cc3ccc(Cl)cc3C2C(=O)N(C)C(N)N)C1. The topological polar surface area (TPSA) is 81.6 Å². The van der Waals surface area contributed by atoms with E-state index in [1.54, 1.807) is 14.2 Å². The summed E-state index contributed by atoms with van der Waals surface area (Å²) < 4.78 is 5.43. The molecule has 3 rings (SSSR count). The van der Waals surface area contributed by atoms with Crippen LogP contribution in [0.3, 0.4) is 0 Å². The van der Waals surface area contributed by atoms with Crippen molar-refractivity contribution in [2.24, 2.45) is 16.9 Å². The normalized spacial score (nSPS) is 29.5. The summed E-state index contributed by atoms with van der Waals surface area (Å²) in [5, 5.41) is 0.649. The lowest BCUT2D eigenvalue weighted by molar-refractivity contribution is -0.143. The zero-order valence-corrected chi connectivity index (χ0v) is 13.6. The number of rotatable bonds is 3. The summed E-state index contributed by atoms with van der Waals surface area (Å²) in [5.74, 6) is -0.280. The monoisotopic (exact) mass is 323 g/mol. The van der Waals surface area contributed by atoms with Crippen LogP contribution in [0.25, 0.3) is 0 Å². The highest BCUT2D eigenvalue weighted by Gasteiger charge is 2.57. The number of likely N-dealkylation sites (N-methyl/N-ethyl adjacent to an activating group) is 1. The molecule has 0 heterocycles. The summed E-state index contributed by atoms with van der Waals surface area (Å²) >= 11 is 6.15. The minimum atomic E-state index is -0.800. The van der Waals surface area contributed by atoms with Crippen molar-refractivity contribution in [3.05, 3.63) is 34.3 Å². The number of hydrogen-bond acceptors (Lipinski definition) is 4. The zero-order valence-electron chi connectivity index (χ0n) is 12.9. The van der Waals surface area contributed by atoms with E-state index in [1.165, 1.54) is 10.5 Å². The van der Waals surface area contributed by atoms with Crippen LogP contribution in [0.2, 0.25) is 5.02 Å². The smallest absolute Gasteiger partial charge is 0.232 e. The molecule has 1 saturated carbocycles. The number of methoxy groups -OCH3 is 1. The molecule has 0 aliphatic heterocycles. The zero-order chi connectivity index (χ0) is 16.1. The van der Waals surface area contributed by atoms with Crippen molar-refractivity contribution in [1.29, 1.82) is 0 Å². The Morgan fingerprint density at radius 2 is 2.14 bits per heavy atom. The third-order valence-electron chi connectivity index (χ3n) is 5.22. The number of halogens is 1. The molecule has 0 aromatic heterocycles. The van der Waals surface area contributed by atoms with Gasteiger partial charge < -0.3 is 9.64 Å². The van der Waals surface area contributed by atoms with E-state index in [4.69, 9.17) is 27.8 Å². The molecule has 5 nitrogen and oxygen atoms in total. The average Bonchev–Trinajstić information content (AvgIpc) is 2.77. The van der Waals surface area contributed by atoms with Crippen LogP contribution in [0.1, 0.15) is 29.9 Å². The molecule has 4 N–H and O–H groups in total. The van der Waals surface area contributed by atoms with Crippen LogP contribution in [-0.4, -0.2) is 37.4 Å². The number of nitrogens with two attached hydrogens (primary N) is 2. The number of nitrogens with zero attached hydrogens (tertiary/aromatic N) is 1. The number of benzene rings is 1. The second kappa shape index (κ2) is 5.49. The van der Waals surface area contributed by atoms with Crippen molar-refractivity contribution in [3.63, 3.8) is 0 Å². The van der Waals surface area contributed by atoms with E-state index in [0.717, 1.165) is 24.8 Å². The Hall–Kier alpha value is -1.14. The first-order valence-corrected chi connectivity index (χ1v) is 7.85. The van der Waals surface area contributed by atoms with E-state index >= 15 is 0 Å². The molecule has 1 atom stereocenters. The molecule has 22 heavy (non-hydrogen) atoms. The molecule has 6 heteroatoms. The molecule has 1 aromatic rings. The van der Waals surface area contributed by atoms with Crippen molar-refractivity contribution < 1.29 is 9.53 Å². The maximum Gasteiger partial charge on any atom is 0.232 e. The first kappa shape index (κ1) is 15.7. The fourth-order valence-corrected chi connectivity index (χ4v) is 4.13. The highest BCUT2D eigenvalue weighted by Crippen LogP contribution is 2.60. The van der Waals surface area contributed by atoms with Gasteiger partial charge in [-0.15, -0.1) is 0 Å². The molecule has 2 aliphatic rings. The quantitative estimate of drug-likeness (QED) is 0.825. The van der Waals surface area contributed by atoms with Gasteiger partial charge >= 0.3 is 0 Å². The summed E-state index contributed by atoms with van der Waals surface area (Å²) in [5.41, 5.74) is 13.5. The Bertz CT molecular complexity index is 599. The van der Waals surface area contributed by atoms with Crippen molar-refractivity contribution in [3.8, 4) is 0 Å². The maximum atomic E-state index is 12.9. The number of amides is 1. The van der Waals surface area contributed by atoms with E-state index in [-0.39, 0.29) is 23.3 Å². The minimum Gasteiger partial charge on any atom is -0.381 e. The van der Waals surface area contributed by atoms with Gasteiger partial charge in [0, 0.05) is 19.2 Å². The molecular formula is C16H22ClN3O2. The molecule has 0 radical (unpaired) electrons. The van der Waals surface area contributed by atoms with Gasteiger partial charge in [0.25, 0.3) is 0 Å². The van der Waals surface area contributed by atoms with Crippen LogP contribution in [-0.2, 0) is 16.0 Å². The predicted octanol–water partition coefficient (Wildman–Crippen LogP) is 1.43. The van der Waals surface area contributed by atoms with E-state index in [9.17, 15) is 4.79 Å². The summed E-state index contributed by atoms with van der Waals surface area (Å²) in [6.45, 7) is 0. The number of fused-ring (bicyclic) bond motifs is 1. The van der Waals surface area contributed by atoms with Gasteiger partial charge in [0.15, 0.2) is 0 Å². The summed E-state index contributed by atoms with van der Waals surface area (Å²) in [4.78, 5) is 14.4. The Balaban J connectivity index is 1.98. The largest absolute Gasteiger partial charge is 0.381 e. The summed E-state index contributed by atoms with van der Waals surface area (Å²) in [6.07, 6.45) is 2.05. The molecule has 1 unspecified atom stereocenters. The standard InChI is InChI=1S/C16H22ClN3O2/c1-20(15(18)19)14(21)13-12-5-10(17)4-3-9(12)6-16(13)7-11(8-16)22-2/h3-5,11,13,15H,6-8,18-19H2,1-2H3. The van der Waals surface area contributed by atoms with Crippen LogP contribution in [0.15, 0.2) is 18.2 Å². The average molecular weight is 324 g/mol. The number of carbonyl (C=O) groups excluding carboxylic acids is 1. The van der Waals surface area contributed by atoms with Crippen LogP contribution in [0, 0.1) is 5.41 Å². The third-order valence-corrected chi connectivity index (χ3v) is 5.45. The number of ether oxygens (including phenoxy) is 1. The minimum absolute atomic E-state index is 0.0365. The third kappa shape index (κ3) is 2.33. The molecule has 0 saturated heterocycles. The summed E-state index contributed by atoms with van der Waals surface area (Å²) in [7, 11) is 3.37. The van der Waals surface area contributed by atoms with Crippen molar-refractivity contribution >= 4 is 17.5 Å². The first-order valence-electron chi connectivity index (χ1n) is 7.47. The van der Waals surface area contributed by atoms with Crippen molar-refractivity contribution in [2.45, 2.75) is 37.6 Å². The Kier molecular flexibility index (Phi) is 3.93. The van der Waals surface area contributed by atoms with E-state index < -0.39 is 6.29 Å². The van der Waals surface area contributed by atoms with E-state index in [0.29, 0.717) is 5.02 Å². The lowest BCUT2D eigenvalue weighted by Gasteiger charge is -2.48. The fraction of sp³-hybridized carbons (Fsp3) is 0.562. The predicted molar refractivity (Wildman–Crippen MR) is 85.3 cm³/mol. The van der Waals surface area contributed by atoms with Gasteiger partial charge in [-0.1, -0.05) is 17.7 Å². The van der Waals surface area contributed by atoms with E-state index in [1.807, 2.05) is 18.2 Å². The summed E-state index contributed by atoms with van der Waals surface area (Å²) in [6, 6.07) is 5.81. The Morgan fingerprint density at radius 3 is 2.73 bits per heavy atom. The number of hydrogen-bond donors (Lipinski definition) is 2. The molecule has 1 aromatic carbocycles. The van der Waals surface area contributed by atoms with Gasteiger partial charge in [-0.05, 0) is 47.9 Å². The molecule has 1 spiro atoms. The second-order valence-electron chi connectivity index (χ2n) is 6.52. The molecule has 1 fully saturated rings. The molecular weight excluding hydrogens is 302 g/mol. The van der Waals surface area contributed by atoms with Crippen LogP contribution in [0.4, 0.5) is 0 Å². The molecule has 0 bridgehead atoms. The van der Waals surface area contributed by atoms with Crippen LogP contribution < -0.4 is 11.5 Å². The Labute approximate surface area is 135 Å². The van der Waals surface area contributed by atoms with Crippen molar-refractivity contribution in [2.75, 3.05) is 14.2 Å². The lowest BCUT2D eigenvalue weighted by Crippen LogP contribution is -2.55. The molecule has 120 valence electrons. The van der Waals surface area contributed by atoms with Gasteiger partial charge in [0.1, 0.15) is 6.29 Å². The van der Waals surface area contributed by atoms with Gasteiger partial charge in [0.2, 0.25) is 5.91 Å². The first-order chi connectivity index (χ1) is 10.4. The van der Waals surface area contributed by atoms with Gasteiger partial charge in [0.05, 0.1) is 12.0 Å². The van der Waals surface area contributed by atoms with Crippen molar-refractivity contribution in [1.82, 2.24) is 4.90 Å². The second-order valence-corrected chi connectivity index (χ2v) is 6.96. The van der Waals surface area contributed by atoms with E-state index in [2.05, 4.69) is 0 Å². The van der Waals surface area contributed by atoms with Gasteiger partial charge in [-0.3, -0.25) is 16.3 Å². The highest BCUT2D eigenvalue weighted by molar-refractivity contribution is 6.30. The maximum absolute atomic E-state index is 12.9.